The summed E-state index contributed by atoms with van der Waals surface area (Å²) in [6.07, 6.45) is 1.21. The highest BCUT2D eigenvalue weighted by Gasteiger charge is 2.20. The van der Waals surface area contributed by atoms with Gasteiger partial charge < -0.3 is 9.72 Å². The van der Waals surface area contributed by atoms with E-state index >= 15 is 0 Å². The van der Waals surface area contributed by atoms with Crippen molar-refractivity contribution in [3.8, 4) is 5.75 Å². The van der Waals surface area contributed by atoms with Gasteiger partial charge in [0.1, 0.15) is 6.61 Å². The number of nitrogens with one attached hydrogen (secondary N) is 1. The summed E-state index contributed by atoms with van der Waals surface area (Å²) < 4.78 is 6.89. The Hall–Kier alpha value is -4.57. The lowest BCUT2D eigenvalue weighted by Crippen LogP contribution is -2.32. The van der Waals surface area contributed by atoms with E-state index in [2.05, 4.69) is 26.0 Å². The number of halogens is 1. The molecule has 0 radical (unpaired) electrons. The molecule has 0 atom stereocenters. The monoisotopic (exact) mass is 544 g/mol. The van der Waals surface area contributed by atoms with Crippen molar-refractivity contribution in [3.63, 3.8) is 0 Å². The van der Waals surface area contributed by atoms with Crippen LogP contribution in [-0.4, -0.2) is 20.8 Å². The summed E-state index contributed by atoms with van der Waals surface area (Å²) >= 11 is 3.35. The molecule has 10 heteroatoms. The minimum atomic E-state index is -0.724. The zero-order valence-electron chi connectivity index (χ0n) is 18.6. The smallest absolute Gasteiger partial charge is 0.349 e. The summed E-state index contributed by atoms with van der Waals surface area (Å²) in [5.74, 6) is 0.0609. The average Bonchev–Trinajstić information content (AvgIpc) is 2.87. The highest BCUT2D eigenvalue weighted by Crippen LogP contribution is 2.37. The van der Waals surface area contributed by atoms with Gasteiger partial charge in [-0.1, -0.05) is 54.6 Å². The molecule has 1 aromatic heterocycles. The number of hydrogen-bond acceptors (Lipinski definition) is 6. The Balaban J connectivity index is 1.48. The second kappa shape index (κ2) is 9.59. The van der Waals surface area contributed by atoms with Crippen LogP contribution in [0.3, 0.4) is 0 Å². The summed E-state index contributed by atoms with van der Waals surface area (Å²) in [7, 11) is 0. The number of benzene rings is 4. The molecule has 0 fully saturated rings. The molecule has 1 N–H and O–H groups in total. The molecule has 0 spiro atoms. The van der Waals surface area contributed by atoms with Crippen LogP contribution in [0.4, 0.5) is 5.69 Å². The van der Waals surface area contributed by atoms with Crippen molar-refractivity contribution in [3.05, 3.63) is 125 Å². The Labute approximate surface area is 211 Å². The van der Waals surface area contributed by atoms with Crippen molar-refractivity contribution < 1.29 is 9.66 Å². The number of aromatic amines is 1. The van der Waals surface area contributed by atoms with Crippen molar-refractivity contribution in [1.29, 1.82) is 0 Å². The third kappa shape index (κ3) is 4.41. The summed E-state index contributed by atoms with van der Waals surface area (Å²) in [4.78, 5) is 38.9. The maximum Gasteiger partial charge on any atom is 0.349 e. The third-order valence-electron chi connectivity index (χ3n) is 5.60. The Bertz CT molecular complexity index is 1790. The number of fused-ring (bicyclic) bond motifs is 2. The zero-order valence-corrected chi connectivity index (χ0v) is 20.1. The van der Waals surface area contributed by atoms with Crippen molar-refractivity contribution in [2.45, 2.75) is 6.61 Å². The van der Waals surface area contributed by atoms with Crippen molar-refractivity contribution in [1.82, 2.24) is 9.66 Å². The summed E-state index contributed by atoms with van der Waals surface area (Å²) in [5.41, 5.74) is -0.0380. The summed E-state index contributed by atoms with van der Waals surface area (Å²) in [5, 5.41) is 18.1. The molecule has 36 heavy (non-hydrogen) atoms. The van der Waals surface area contributed by atoms with Crippen LogP contribution in [0.5, 0.6) is 5.75 Å². The lowest BCUT2D eigenvalue weighted by Gasteiger charge is -2.11. The lowest BCUT2D eigenvalue weighted by atomic mass is 10.1. The number of hydrogen-bond donors (Lipinski definition) is 1. The minimum absolute atomic E-state index is 0.0609. The van der Waals surface area contributed by atoms with Crippen LogP contribution in [0, 0.1) is 10.1 Å². The van der Waals surface area contributed by atoms with Gasteiger partial charge in [-0.05, 0) is 50.5 Å². The molecule has 1 heterocycles. The van der Waals surface area contributed by atoms with Gasteiger partial charge in [-0.15, -0.1) is 4.68 Å². The van der Waals surface area contributed by atoms with E-state index in [-0.39, 0.29) is 18.0 Å². The molecule has 5 aromatic rings. The van der Waals surface area contributed by atoms with E-state index in [1.807, 2.05) is 42.5 Å². The molecule has 5 rings (SSSR count). The fourth-order valence-corrected chi connectivity index (χ4v) is 4.48. The van der Waals surface area contributed by atoms with E-state index in [0.717, 1.165) is 16.3 Å². The predicted molar refractivity (Wildman–Crippen MR) is 141 cm³/mol. The van der Waals surface area contributed by atoms with Gasteiger partial charge >= 0.3 is 11.4 Å². The second-order valence-electron chi connectivity index (χ2n) is 7.87. The Morgan fingerprint density at radius 3 is 2.53 bits per heavy atom. The zero-order chi connectivity index (χ0) is 25.2. The number of nitro groups is 1. The van der Waals surface area contributed by atoms with E-state index in [4.69, 9.17) is 4.74 Å². The van der Waals surface area contributed by atoms with Crippen LogP contribution in [0.1, 0.15) is 11.1 Å². The van der Waals surface area contributed by atoms with Crippen molar-refractivity contribution >= 4 is 49.5 Å². The van der Waals surface area contributed by atoms with Gasteiger partial charge in [-0.25, -0.2) is 4.79 Å². The van der Waals surface area contributed by atoms with Crippen LogP contribution in [0.2, 0.25) is 0 Å². The van der Waals surface area contributed by atoms with E-state index in [1.54, 1.807) is 30.3 Å². The lowest BCUT2D eigenvalue weighted by molar-refractivity contribution is -0.386. The molecule has 9 nitrogen and oxygen atoms in total. The number of ether oxygens (including phenoxy) is 1. The fraction of sp³-hybridized carbons (Fsp3) is 0.0385. The van der Waals surface area contributed by atoms with Gasteiger partial charge in [0.15, 0.2) is 0 Å². The number of nitrogens with zero attached hydrogens (tertiary/aromatic N) is 3. The Morgan fingerprint density at radius 2 is 1.72 bits per heavy atom. The van der Waals surface area contributed by atoms with Crippen molar-refractivity contribution in [2.75, 3.05) is 0 Å². The van der Waals surface area contributed by atoms with E-state index in [0.29, 0.717) is 25.6 Å². The van der Waals surface area contributed by atoms with Crippen LogP contribution in [0.25, 0.3) is 21.7 Å². The number of rotatable bonds is 6. The first-order chi connectivity index (χ1) is 17.4. The van der Waals surface area contributed by atoms with Gasteiger partial charge in [0.2, 0.25) is 5.75 Å². The first-order valence-electron chi connectivity index (χ1n) is 10.8. The van der Waals surface area contributed by atoms with Crippen LogP contribution in [-0.2, 0) is 6.61 Å². The summed E-state index contributed by atoms with van der Waals surface area (Å²) in [6.45, 7) is 0.121. The van der Waals surface area contributed by atoms with Gasteiger partial charge in [-0.2, -0.15) is 5.10 Å². The molecule has 0 aliphatic rings. The molecular weight excluding hydrogens is 528 g/mol. The molecule has 0 aliphatic heterocycles. The second-order valence-corrected chi connectivity index (χ2v) is 8.73. The molecule has 178 valence electrons. The third-order valence-corrected chi connectivity index (χ3v) is 6.19. The molecular formula is C26H17BrN4O5. The molecule has 0 unspecified atom stereocenters. The molecule has 4 aromatic carbocycles. The topological polar surface area (TPSA) is 120 Å². The first-order valence-corrected chi connectivity index (χ1v) is 11.6. The SMILES string of the molecule is O=c1[nH]c2ccccc2c(=O)n1N=Cc1cc(Br)c(OCc2cccc3ccccc23)c([N+](=O)[O-])c1. The highest BCUT2D eigenvalue weighted by atomic mass is 79.9. The number of nitro benzene ring substituents is 1. The standard InChI is InChI=1S/C26H17BrN4O5/c27-21-12-16(14-28-30-25(32)20-10-3-4-11-22(20)29-26(30)33)13-23(31(34)35)24(21)36-15-18-8-5-7-17-6-1-2-9-19(17)18/h1-14H,15H2,(H,29,33). The molecule has 0 aliphatic carbocycles. The number of para-hydroxylation sites is 1. The largest absolute Gasteiger partial charge is 0.481 e. The van der Waals surface area contributed by atoms with Crippen LogP contribution in [0.15, 0.2) is 98.0 Å². The molecule has 0 amide bonds. The minimum Gasteiger partial charge on any atom is -0.481 e. The highest BCUT2D eigenvalue weighted by molar-refractivity contribution is 9.10. The predicted octanol–water partition coefficient (Wildman–Crippen LogP) is 4.97. The maximum atomic E-state index is 12.7. The molecule has 0 saturated carbocycles. The average molecular weight is 545 g/mol. The van der Waals surface area contributed by atoms with Gasteiger partial charge in [0.25, 0.3) is 5.56 Å². The van der Waals surface area contributed by atoms with Crippen molar-refractivity contribution in [2.24, 2.45) is 5.10 Å². The van der Waals surface area contributed by atoms with Crippen LogP contribution >= 0.6 is 15.9 Å². The summed E-state index contributed by atoms with van der Waals surface area (Å²) in [6, 6.07) is 23.0. The number of aromatic nitrogens is 2. The van der Waals surface area contributed by atoms with E-state index in [1.165, 1.54) is 12.3 Å². The van der Waals surface area contributed by atoms with E-state index < -0.39 is 16.2 Å². The fourth-order valence-electron chi connectivity index (χ4n) is 3.90. The number of H-pyrrole nitrogens is 1. The Morgan fingerprint density at radius 1 is 1.00 bits per heavy atom. The first kappa shape index (κ1) is 23.2. The van der Waals surface area contributed by atoms with Gasteiger partial charge in [-0.3, -0.25) is 14.9 Å². The Kier molecular flexibility index (Phi) is 6.17. The normalized spacial score (nSPS) is 11.4. The van der Waals surface area contributed by atoms with Gasteiger partial charge in [0.05, 0.1) is 26.5 Å². The maximum absolute atomic E-state index is 12.7. The molecule has 0 bridgehead atoms. The quantitative estimate of drug-likeness (QED) is 0.184. The van der Waals surface area contributed by atoms with Crippen LogP contribution < -0.4 is 16.0 Å². The molecule has 0 saturated heterocycles. The van der Waals surface area contributed by atoms with Gasteiger partial charge in [0, 0.05) is 11.6 Å². The van der Waals surface area contributed by atoms with E-state index in [9.17, 15) is 19.7 Å².